The Morgan fingerprint density at radius 3 is 2.76 bits per heavy atom. The standard InChI is InChI=1S/C11H8BrFN4/c1-6-5-17(16-11(6)15)8-3-2-7(4-14)9(12)10(8)13/h2-3,5H,1H3,(H2,15,16). The number of benzene rings is 1. The molecule has 2 aromatic rings. The lowest BCUT2D eigenvalue weighted by Crippen LogP contribution is -2.01. The van der Waals surface area contributed by atoms with Crippen LogP contribution in [-0.2, 0) is 0 Å². The van der Waals surface area contributed by atoms with Gasteiger partial charge >= 0.3 is 0 Å². The lowest BCUT2D eigenvalue weighted by atomic mass is 10.2. The van der Waals surface area contributed by atoms with Crippen molar-refractivity contribution < 1.29 is 4.39 Å². The summed E-state index contributed by atoms with van der Waals surface area (Å²) in [6.07, 6.45) is 1.63. The number of halogens is 2. The molecule has 6 heteroatoms. The van der Waals surface area contributed by atoms with Crippen LogP contribution in [0.3, 0.4) is 0 Å². The molecule has 2 rings (SSSR count). The Morgan fingerprint density at radius 2 is 2.24 bits per heavy atom. The van der Waals surface area contributed by atoms with E-state index in [4.69, 9.17) is 11.0 Å². The number of nitriles is 1. The molecule has 0 fully saturated rings. The second-order valence-electron chi connectivity index (χ2n) is 3.51. The Hall–Kier alpha value is -1.87. The summed E-state index contributed by atoms with van der Waals surface area (Å²) in [5.41, 5.74) is 6.86. The van der Waals surface area contributed by atoms with Gasteiger partial charge in [-0.3, -0.25) is 0 Å². The molecular formula is C11H8BrFN4. The van der Waals surface area contributed by atoms with Crippen molar-refractivity contribution in [3.8, 4) is 11.8 Å². The quantitative estimate of drug-likeness (QED) is 0.879. The van der Waals surface area contributed by atoms with Gasteiger partial charge in [0.2, 0.25) is 0 Å². The maximum Gasteiger partial charge on any atom is 0.164 e. The third-order valence-electron chi connectivity index (χ3n) is 2.36. The van der Waals surface area contributed by atoms with E-state index >= 15 is 0 Å². The summed E-state index contributed by atoms with van der Waals surface area (Å²) < 4.78 is 15.5. The first-order chi connectivity index (χ1) is 8.04. The average Bonchev–Trinajstić information content (AvgIpc) is 2.63. The van der Waals surface area contributed by atoms with Gasteiger partial charge in [-0.25, -0.2) is 9.07 Å². The molecule has 0 saturated carbocycles. The van der Waals surface area contributed by atoms with E-state index < -0.39 is 5.82 Å². The number of nitrogens with two attached hydrogens (primary N) is 1. The zero-order valence-corrected chi connectivity index (χ0v) is 10.5. The zero-order valence-electron chi connectivity index (χ0n) is 8.91. The predicted octanol–water partition coefficient (Wildman–Crippen LogP) is 2.54. The summed E-state index contributed by atoms with van der Waals surface area (Å²) in [4.78, 5) is 0. The van der Waals surface area contributed by atoms with Crippen LogP contribution in [0.2, 0.25) is 0 Å². The van der Waals surface area contributed by atoms with Gasteiger partial charge in [0, 0.05) is 11.8 Å². The average molecular weight is 295 g/mol. The summed E-state index contributed by atoms with van der Waals surface area (Å²) in [6.45, 7) is 1.79. The molecule has 1 aromatic carbocycles. The largest absolute Gasteiger partial charge is 0.382 e. The van der Waals surface area contributed by atoms with Crippen LogP contribution in [0.15, 0.2) is 22.8 Å². The van der Waals surface area contributed by atoms with E-state index in [9.17, 15) is 4.39 Å². The van der Waals surface area contributed by atoms with E-state index in [2.05, 4.69) is 21.0 Å². The SMILES string of the molecule is Cc1cn(-c2ccc(C#N)c(Br)c2F)nc1N. The first kappa shape index (κ1) is 11.6. The number of nitrogens with zero attached hydrogens (tertiary/aromatic N) is 3. The van der Waals surface area contributed by atoms with Crippen LogP contribution in [0.4, 0.5) is 10.2 Å². The number of aryl methyl sites for hydroxylation is 1. The molecular weight excluding hydrogens is 287 g/mol. The molecule has 0 bridgehead atoms. The lowest BCUT2D eigenvalue weighted by Gasteiger charge is -2.05. The molecule has 0 atom stereocenters. The van der Waals surface area contributed by atoms with Gasteiger partial charge in [0.15, 0.2) is 5.82 Å². The van der Waals surface area contributed by atoms with E-state index in [1.54, 1.807) is 13.1 Å². The molecule has 0 saturated heterocycles. The van der Waals surface area contributed by atoms with Crippen molar-refractivity contribution in [2.45, 2.75) is 6.92 Å². The molecule has 2 N–H and O–H groups in total. The molecule has 0 spiro atoms. The van der Waals surface area contributed by atoms with Gasteiger partial charge in [0.25, 0.3) is 0 Å². The highest BCUT2D eigenvalue weighted by molar-refractivity contribution is 9.10. The molecule has 0 radical (unpaired) electrons. The molecule has 0 aliphatic rings. The molecule has 4 nitrogen and oxygen atoms in total. The van der Waals surface area contributed by atoms with Crippen molar-refractivity contribution in [2.75, 3.05) is 5.73 Å². The van der Waals surface area contributed by atoms with Gasteiger partial charge in [-0.1, -0.05) is 0 Å². The van der Waals surface area contributed by atoms with E-state index in [1.807, 2.05) is 6.07 Å². The summed E-state index contributed by atoms with van der Waals surface area (Å²) in [5, 5.41) is 12.8. The molecule has 0 aliphatic heterocycles. The van der Waals surface area contributed by atoms with Crippen LogP contribution >= 0.6 is 15.9 Å². The number of nitrogen functional groups attached to an aromatic ring is 1. The number of anilines is 1. The Balaban J connectivity index is 2.62. The van der Waals surface area contributed by atoms with Crippen molar-refractivity contribution in [1.82, 2.24) is 9.78 Å². The van der Waals surface area contributed by atoms with Crippen molar-refractivity contribution in [1.29, 1.82) is 5.26 Å². The molecule has 17 heavy (non-hydrogen) atoms. The Bertz CT molecular complexity index is 608. The minimum Gasteiger partial charge on any atom is -0.382 e. The van der Waals surface area contributed by atoms with Gasteiger partial charge in [0.1, 0.15) is 17.6 Å². The summed E-state index contributed by atoms with van der Waals surface area (Å²) >= 11 is 3.04. The van der Waals surface area contributed by atoms with Crippen LogP contribution in [-0.4, -0.2) is 9.78 Å². The summed E-state index contributed by atoms with van der Waals surface area (Å²) in [7, 11) is 0. The second kappa shape index (κ2) is 4.18. The van der Waals surface area contributed by atoms with Crippen LogP contribution < -0.4 is 5.73 Å². The predicted molar refractivity (Wildman–Crippen MR) is 65.1 cm³/mol. The van der Waals surface area contributed by atoms with E-state index in [0.29, 0.717) is 5.82 Å². The normalized spacial score (nSPS) is 10.2. The fourth-order valence-corrected chi connectivity index (χ4v) is 1.82. The highest BCUT2D eigenvalue weighted by atomic mass is 79.9. The molecule has 86 valence electrons. The number of hydrogen-bond acceptors (Lipinski definition) is 3. The smallest absolute Gasteiger partial charge is 0.164 e. The van der Waals surface area contributed by atoms with Crippen molar-refractivity contribution in [3.05, 3.63) is 39.7 Å². The second-order valence-corrected chi connectivity index (χ2v) is 4.31. The minimum atomic E-state index is -0.536. The maximum atomic E-state index is 14.0. The molecule has 0 aliphatic carbocycles. The van der Waals surface area contributed by atoms with E-state index in [-0.39, 0.29) is 15.7 Å². The maximum absolute atomic E-state index is 14.0. The van der Waals surface area contributed by atoms with Gasteiger partial charge in [-0.2, -0.15) is 10.4 Å². The highest BCUT2D eigenvalue weighted by Gasteiger charge is 2.14. The fraction of sp³-hybridized carbons (Fsp3) is 0.0909. The van der Waals surface area contributed by atoms with Crippen molar-refractivity contribution >= 4 is 21.7 Å². The highest BCUT2D eigenvalue weighted by Crippen LogP contribution is 2.26. The van der Waals surface area contributed by atoms with Gasteiger partial charge in [-0.05, 0) is 35.0 Å². The molecule has 1 aromatic heterocycles. The molecule has 0 amide bonds. The van der Waals surface area contributed by atoms with Crippen LogP contribution in [0.25, 0.3) is 5.69 Å². The third kappa shape index (κ3) is 1.89. The van der Waals surface area contributed by atoms with Crippen LogP contribution in [0.1, 0.15) is 11.1 Å². The number of hydrogen-bond donors (Lipinski definition) is 1. The third-order valence-corrected chi connectivity index (χ3v) is 3.14. The van der Waals surface area contributed by atoms with Gasteiger partial charge < -0.3 is 5.73 Å². The molecule has 0 unspecified atom stereocenters. The van der Waals surface area contributed by atoms with Crippen molar-refractivity contribution in [2.24, 2.45) is 0 Å². The number of aromatic nitrogens is 2. The van der Waals surface area contributed by atoms with E-state index in [0.717, 1.165) is 5.56 Å². The first-order valence-electron chi connectivity index (χ1n) is 4.75. The fourth-order valence-electron chi connectivity index (χ4n) is 1.40. The van der Waals surface area contributed by atoms with Gasteiger partial charge in [-0.15, -0.1) is 0 Å². The first-order valence-corrected chi connectivity index (χ1v) is 5.54. The Kier molecular flexibility index (Phi) is 2.86. The van der Waals surface area contributed by atoms with E-state index in [1.165, 1.54) is 16.8 Å². The monoisotopic (exact) mass is 294 g/mol. The molecule has 1 heterocycles. The minimum absolute atomic E-state index is 0.129. The Morgan fingerprint density at radius 1 is 1.53 bits per heavy atom. The summed E-state index contributed by atoms with van der Waals surface area (Å²) in [6, 6.07) is 4.90. The number of rotatable bonds is 1. The van der Waals surface area contributed by atoms with Crippen LogP contribution in [0.5, 0.6) is 0 Å². The van der Waals surface area contributed by atoms with Crippen molar-refractivity contribution in [3.63, 3.8) is 0 Å². The Labute approximate surface area is 106 Å². The van der Waals surface area contributed by atoms with Gasteiger partial charge in [0.05, 0.1) is 10.0 Å². The lowest BCUT2D eigenvalue weighted by molar-refractivity contribution is 0.604. The topological polar surface area (TPSA) is 67.6 Å². The summed E-state index contributed by atoms with van der Waals surface area (Å²) in [5.74, 6) is -0.184. The van der Waals surface area contributed by atoms with Crippen LogP contribution in [0, 0.1) is 24.1 Å². The zero-order chi connectivity index (χ0) is 12.6.